The van der Waals surface area contributed by atoms with Gasteiger partial charge in [-0.1, -0.05) is 13.8 Å². The Kier molecular flexibility index (Phi) is 5.43. The summed E-state index contributed by atoms with van der Waals surface area (Å²) in [4.78, 5) is 3.74. The second kappa shape index (κ2) is 6.21. The van der Waals surface area contributed by atoms with E-state index in [-0.39, 0.29) is 5.41 Å². The number of rotatable bonds is 5. The first-order valence-corrected chi connectivity index (χ1v) is 6.38. The first-order chi connectivity index (χ1) is 8.22. The van der Waals surface area contributed by atoms with Crippen LogP contribution in [0.25, 0.3) is 0 Å². The van der Waals surface area contributed by atoms with Crippen LogP contribution in [0.4, 0.5) is 13.2 Å². The van der Waals surface area contributed by atoms with Crippen molar-refractivity contribution in [2.24, 2.45) is 5.41 Å². The monoisotopic (exact) mass is 267 g/mol. The quantitative estimate of drug-likeness (QED) is 0.812. The standard InChI is InChI=1S/C12H24F3N3/c1-11(2,8-16-3)9-17-4-6-18(7-5-17)10-12(13,14)15/h16H,4-10H2,1-3H3. The van der Waals surface area contributed by atoms with E-state index in [1.807, 2.05) is 7.05 Å². The van der Waals surface area contributed by atoms with Crippen molar-refractivity contribution in [3.05, 3.63) is 0 Å². The summed E-state index contributed by atoms with van der Waals surface area (Å²) in [6, 6.07) is 0. The van der Waals surface area contributed by atoms with Gasteiger partial charge in [0, 0.05) is 39.3 Å². The molecule has 0 aromatic rings. The fourth-order valence-corrected chi connectivity index (χ4v) is 2.50. The summed E-state index contributed by atoms with van der Waals surface area (Å²) in [6.07, 6.45) is -4.08. The molecule has 1 heterocycles. The normalized spacial score (nSPS) is 20.3. The molecular weight excluding hydrogens is 243 g/mol. The predicted octanol–water partition coefficient (Wildman–Crippen LogP) is 1.41. The Labute approximate surface area is 107 Å². The van der Waals surface area contributed by atoms with Gasteiger partial charge in [-0.2, -0.15) is 13.2 Å². The number of halogens is 3. The summed E-state index contributed by atoms with van der Waals surface area (Å²) in [7, 11) is 1.92. The van der Waals surface area contributed by atoms with Crippen molar-refractivity contribution in [2.75, 3.05) is 52.9 Å². The third kappa shape index (κ3) is 6.02. The molecule has 0 radical (unpaired) electrons. The van der Waals surface area contributed by atoms with Crippen molar-refractivity contribution in [3.8, 4) is 0 Å². The van der Waals surface area contributed by atoms with Crippen molar-refractivity contribution < 1.29 is 13.2 Å². The number of nitrogens with one attached hydrogen (secondary N) is 1. The summed E-state index contributed by atoms with van der Waals surface area (Å²) in [6.45, 7) is 7.87. The lowest BCUT2D eigenvalue weighted by Gasteiger charge is -2.39. The zero-order valence-corrected chi connectivity index (χ0v) is 11.5. The van der Waals surface area contributed by atoms with Gasteiger partial charge in [-0.25, -0.2) is 0 Å². The van der Waals surface area contributed by atoms with Crippen LogP contribution in [0.2, 0.25) is 0 Å². The van der Waals surface area contributed by atoms with Crippen molar-refractivity contribution >= 4 is 0 Å². The molecule has 0 amide bonds. The average molecular weight is 267 g/mol. The predicted molar refractivity (Wildman–Crippen MR) is 66.6 cm³/mol. The second-order valence-corrected chi connectivity index (χ2v) is 5.86. The highest BCUT2D eigenvalue weighted by Gasteiger charge is 2.32. The maximum atomic E-state index is 12.2. The van der Waals surface area contributed by atoms with Crippen LogP contribution in [-0.2, 0) is 0 Å². The first kappa shape index (κ1) is 15.7. The number of alkyl halides is 3. The van der Waals surface area contributed by atoms with Gasteiger partial charge in [0.25, 0.3) is 0 Å². The van der Waals surface area contributed by atoms with Crippen LogP contribution in [0.1, 0.15) is 13.8 Å². The van der Waals surface area contributed by atoms with E-state index in [0.29, 0.717) is 13.1 Å². The highest BCUT2D eigenvalue weighted by atomic mass is 19.4. The van der Waals surface area contributed by atoms with E-state index in [2.05, 4.69) is 24.1 Å². The minimum atomic E-state index is -4.08. The van der Waals surface area contributed by atoms with Crippen molar-refractivity contribution in [2.45, 2.75) is 20.0 Å². The SMILES string of the molecule is CNCC(C)(C)CN1CCN(CC(F)(F)F)CC1. The molecule has 3 nitrogen and oxygen atoms in total. The second-order valence-electron chi connectivity index (χ2n) is 5.86. The molecule has 18 heavy (non-hydrogen) atoms. The first-order valence-electron chi connectivity index (χ1n) is 6.38. The molecule has 1 aliphatic rings. The Bertz CT molecular complexity index is 245. The van der Waals surface area contributed by atoms with E-state index < -0.39 is 12.7 Å². The molecular formula is C12H24F3N3. The van der Waals surface area contributed by atoms with E-state index in [1.165, 1.54) is 4.90 Å². The number of nitrogens with zero attached hydrogens (tertiary/aromatic N) is 2. The van der Waals surface area contributed by atoms with Gasteiger partial charge in [-0.05, 0) is 12.5 Å². The van der Waals surface area contributed by atoms with Crippen LogP contribution in [0, 0.1) is 5.41 Å². The van der Waals surface area contributed by atoms with Gasteiger partial charge in [0.1, 0.15) is 0 Å². The van der Waals surface area contributed by atoms with Gasteiger partial charge in [-0.3, -0.25) is 4.90 Å². The van der Waals surface area contributed by atoms with Crippen LogP contribution >= 0.6 is 0 Å². The molecule has 6 heteroatoms. The molecule has 1 aliphatic heterocycles. The molecule has 1 rings (SSSR count). The van der Waals surface area contributed by atoms with Crippen molar-refractivity contribution in [1.29, 1.82) is 0 Å². The van der Waals surface area contributed by atoms with Crippen LogP contribution in [0.15, 0.2) is 0 Å². The zero-order valence-electron chi connectivity index (χ0n) is 11.5. The maximum Gasteiger partial charge on any atom is 0.401 e. The number of piperazine rings is 1. The molecule has 1 saturated heterocycles. The van der Waals surface area contributed by atoms with Crippen LogP contribution in [0.3, 0.4) is 0 Å². The molecule has 0 saturated carbocycles. The molecule has 0 aromatic carbocycles. The van der Waals surface area contributed by atoms with Gasteiger partial charge < -0.3 is 10.2 Å². The Hall–Kier alpha value is -0.330. The summed E-state index contributed by atoms with van der Waals surface area (Å²) in [5, 5.41) is 3.15. The average Bonchev–Trinajstić information content (AvgIpc) is 2.18. The maximum absolute atomic E-state index is 12.2. The molecule has 0 atom stereocenters. The Morgan fingerprint density at radius 1 is 0.944 bits per heavy atom. The molecule has 1 fully saturated rings. The van der Waals surface area contributed by atoms with E-state index >= 15 is 0 Å². The minimum absolute atomic E-state index is 0.154. The number of hydrogen-bond donors (Lipinski definition) is 1. The summed E-state index contributed by atoms with van der Waals surface area (Å²) < 4.78 is 36.7. The highest BCUT2D eigenvalue weighted by molar-refractivity contribution is 4.80. The van der Waals surface area contributed by atoms with Gasteiger partial charge in [0.15, 0.2) is 0 Å². The fraction of sp³-hybridized carbons (Fsp3) is 1.00. The Balaban J connectivity index is 2.31. The third-order valence-electron chi connectivity index (χ3n) is 3.17. The lowest BCUT2D eigenvalue weighted by molar-refractivity contribution is -0.149. The highest BCUT2D eigenvalue weighted by Crippen LogP contribution is 2.20. The Morgan fingerprint density at radius 3 is 1.78 bits per heavy atom. The van der Waals surface area contributed by atoms with Crippen molar-refractivity contribution in [1.82, 2.24) is 15.1 Å². The van der Waals surface area contributed by atoms with Crippen LogP contribution < -0.4 is 5.32 Å². The molecule has 0 aromatic heterocycles. The molecule has 108 valence electrons. The van der Waals surface area contributed by atoms with Crippen LogP contribution in [-0.4, -0.2) is 68.8 Å². The van der Waals surface area contributed by atoms with Gasteiger partial charge in [0.2, 0.25) is 0 Å². The molecule has 0 aliphatic carbocycles. The van der Waals surface area contributed by atoms with Gasteiger partial charge in [-0.15, -0.1) is 0 Å². The molecule has 0 bridgehead atoms. The topological polar surface area (TPSA) is 18.5 Å². The largest absolute Gasteiger partial charge is 0.401 e. The van der Waals surface area contributed by atoms with E-state index in [0.717, 1.165) is 26.2 Å². The smallest absolute Gasteiger partial charge is 0.319 e. The summed E-state index contributed by atoms with van der Waals surface area (Å²) in [5.74, 6) is 0. The van der Waals surface area contributed by atoms with E-state index in [9.17, 15) is 13.2 Å². The zero-order chi connectivity index (χ0) is 13.8. The third-order valence-corrected chi connectivity index (χ3v) is 3.17. The summed E-state index contributed by atoms with van der Waals surface area (Å²) in [5.41, 5.74) is 0.154. The summed E-state index contributed by atoms with van der Waals surface area (Å²) >= 11 is 0. The van der Waals surface area contributed by atoms with Gasteiger partial charge >= 0.3 is 6.18 Å². The van der Waals surface area contributed by atoms with E-state index in [1.54, 1.807) is 0 Å². The van der Waals surface area contributed by atoms with Gasteiger partial charge in [0.05, 0.1) is 6.54 Å². The molecule has 0 unspecified atom stereocenters. The Morgan fingerprint density at radius 2 is 1.39 bits per heavy atom. The molecule has 1 N–H and O–H groups in total. The lowest BCUT2D eigenvalue weighted by Crippen LogP contribution is -2.52. The van der Waals surface area contributed by atoms with E-state index in [4.69, 9.17) is 0 Å². The molecule has 0 spiro atoms. The van der Waals surface area contributed by atoms with Crippen LogP contribution in [0.5, 0.6) is 0 Å². The lowest BCUT2D eigenvalue weighted by atomic mass is 9.92. The van der Waals surface area contributed by atoms with Crippen molar-refractivity contribution in [3.63, 3.8) is 0 Å². The minimum Gasteiger partial charge on any atom is -0.319 e. The number of hydrogen-bond acceptors (Lipinski definition) is 3. The fourth-order valence-electron chi connectivity index (χ4n) is 2.50.